The number of benzene rings is 2. The first-order valence-corrected chi connectivity index (χ1v) is 9.72. The third kappa shape index (κ3) is 6.55. The predicted octanol–water partition coefficient (Wildman–Crippen LogP) is 2.62. The Labute approximate surface area is 153 Å². The molecule has 0 aliphatic heterocycles. The summed E-state index contributed by atoms with van der Waals surface area (Å²) in [7, 11) is -3.45. The Bertz CT molecular complexity index is 882. The standard InChI is InChI=1S/C16H15BrN2O5S/c1-25(22,23)19-14-4-2-3-11(9-14)16(21)24-10-15(20)18-13-7-5-12(17)6-8-13/h2-9,19H,10H2,1H3,(H,18,20). The van der Waals surface area contributed by atoms with E-state index in [9.17, 15) is 18.0 Å². The number of rotatable bonds is 6. The van der Waals surface area contributed by atoms with Crippen molar-refractivity contribution < 1.29 is 22.7 Å². The maximum absolute atomic E-state index is 12.0. The Morgan fingerprint density at radius 3 is 2.40 bits per heavy atom. The van der Waals surface area contributed by atoms with Crippen LogP contribution in [0.1, 0.15) is 10.4 Å². The second kappa shape index (κ2) is 8.13. The van der Waals surface area contributed by atoms with Crippen LogP contribution in [0.2, 0.25) is 0 Å². The molecule has 132 valence electrons. The molecule has 2 aromatic carbocycles. The molecule has 2 rings (SSSR count). The van der Waals surface area contributed by atoms with E-state index in [0.29, 0.717) is 5.69 Å². The third-order valence-electron chi connectivity index (χ3n) is 2.86. The van der Waals surface area contributed by atoms with Crippen LogP contribution in [-0.2, 0) is 19.6 Å². The molecule has 0 radical (unpaired) electrons. The Morgan fingerprint density at radius 2 is 1.76 bits per heavy atom. The van der Waals surface area contributed by atoms with Crippen molar-refractivity contribution in [3.63, 3.8) is 0 Å². The van der Waals surface area contributed by atoms with Crippen LogP contribution >= 0.6 is 15.9 Å². The highest BCUT2D eigenvalue weighted by Crippen LogP contribution is 2.15. The number of nitrogens with one attached hydrogen (secondary N) is 2. The molecule has 0 aliphatic rings. The van der Waals surface area contributed by atoms with Crippen LogP contribution < -0.4 is 10.0 Å². The van der Waals surface area contributed by atoms with Crippen molar-refractivity contribution in [2.75, 3.05) is 22.9 Å². The largest absolute Gasteiger partial charge is 0.452 e. The molecule has 9 heteroatoms. The molecular weight excluding hydrogens is 412 g/mol. The molecule has 2 aromatic rings. The molecule has 0 saturated heterocycles. The fourth-order valence-electron chi connectivity index (χ4n) is 1.87. The monoisotopic (exact) mass is 426 g/mol. The second-order valence-electron chi connectivity index (χ2n) is 5.09. The van der Waals surface area contributed by atoms with Gasteiger partial charge in [-0.3, -0.25) is 9.52 Å². The van der Waals surface area contributed by atoms with Gasteiger partial charge in [0.15, 0.2) is 6.61 Å². The van der Waals surface area contributed by atoms with Gasteiger partial charge in [-0.2, -0.15) is 0 Å². The summed E-state index contributed by atoms with van der Waals surface area (Å²) in [6.45, 7) is -0.460. The molecular formula is C16H15BrN2O5S. The number of anilines is 2. The van der Waals surface area contributed by atoms with Gasteiger partial charge in [0.05, 0.1) is 11.8 Å². The summed E-state index contributed by atoms with van der Waals surface area (Å²) < 4.78 is 30.5. The lowest BCUT2D eigenvalue weighted by Gasteiger charge is -2.08. The van der Waals surface area contributed by atoms with Crippen LogP contribution in [0.4, 0.5) is 11.4 Å². The molecule has 0 fully saturated rings. The van der Waals surface area contributed by atoms with Gasteiger partial charge in [-0.1, -0.05) is 22.0 Å². The molecule has 0 saturated carbocycles. The Balaban J connectivity index is 1.92. The zero-order valence-electron chi connectivity index (χ0n) is 13.2. The molecule has 0 atom stereocenters. The molecule has 0 aromatic heterocycles. The number of sulfonamides is 1. The van der Waals surface area contributed by atoms with Gasteiger partial charge in [-0.05, 0) is 42.5 Å². The lowest BCUT2D eigenvalue weighted by molar-refractivity contribution is -0.119. The summed E-state index contributed by atoms with van der Waals surface area (Å²) in [5, 5.41) is 2.59. The zero-order chi connectivity index (χ0) is 18.4. The van der Waals surface area contributed by atoms with E-state index in [0.717, 1.165) is 10.7 Å². The van der Waals surface area contributed by atoms with Crippen LogP contribution in [0.5, 0.6) is 0 Å². The quantitative estimate of drug-likeness (QED) is 0.691. The van der Waals surface area contributed by atoms with Gasteiger partial charge in [0.25, 0.3) is 5.91 Å². The summed E-state index contributed by atoms with van der Waals surface area (Å²) in [5.74, 6) is -1.22. The average molecular weight is 427 g/mol. The Kier molecular flexibility index (Phi) is 6.16. The molecule has 25 heavy (non-hydrogen) atoms. The number of hydrogen-bond acceptors (Lipinski definition) is 5. The van der Waals surface area contributed by atoms with E-state index in [1.807, 2.05) is 0 Å². The lowest BCUT2D eigenvalue weighted by atomic mass is 10.2. The Hall–Kier alpha value is -2.39. The van der Waals surface area contributed by atoms with Crippen molar-refractivity contribution >= 4 is 49.2 Å². The summed E-state index contributed by atoms with van der Waals surface area (Å²) >= 11 is 3.29. The normalized spacial score (nSPS) is 10.8. The summed E-state index contributed by atoms with van der Waals surface area (Å²) in [6, 6.07) is 12.7. The van der Waals surface area contributed by atoms with Crippen molar-refractivity contribution in [3.05, 3.63) is 58.6 Å². The highest BCUT2D eigenvalue weighted by molar-refractivity contribution is 9.10. The van der Waals surface area contributed by atoms with Gasteiger partial charge >= 0.3 is 5.97 Å². The third-order valence-corrected chi connectivity index (χ3v) is 4.00. The van der Waals surface area contributed by atoms with E-state index >= 15 is 0 Å². The molecule has 1 amide bonds. The number of halogens is 1. The Morgan fingerprint density at radius 1 is 1.08 bits per heavy atom. The minimum Gasteiger partial charge on any atom is -0.452 e. The number of ether oxygens (including phenoxy) is 1. The topological polar surface area (TPSA) is 102 Å². The van der Waals surface area contributed by atoms with Crippen molar-refractivity contribution in [2.24, 2.45) is 0 Å². The van der Waals surface area contributed by atoms with Crippen LogP contribution in [0.25, 0.3) is 0 Å². The van der Waals surface area contributed by atoms with E-state index in [1.54, 1.807) is 24.3 Å². The zero-order valence-corrected chi connectivity index (χ0v) is 15.6. The number of amides is 1. The lowest BCUT2D eigenvalue weighted by Crippen LogP contribution is -2.21. The molecule has 0 spiro atoms. The van der Waals surface area contributed by atoms with Crippen LogP contribution in [0, 0.1) is 0 Å². The fraction of sp³-hybridized carbons (Fsp3) is 0.125. The van der Waals surface area contributed by atoms with Gasteiger partial charge in [0.2, 0.25) is 10.0 Å². The molecule has 0 unspecified atom stereocenters. The van der Waals surface area contributed by atoms with Crippen molar-refractivity contribution in [3.8, 4) is 0 Å². The van der Waals surface area contributed by atoms with Gasteiger partial charge in [-0.25, -0.2) is 13.2 Å². The summed E-state index contributed by atoms with van der Waals surface area (Å²) in [5.41, 5.74) is 0.935. The first-order valence-electron chi connectivity index (χ1n) is 7.03. The van der Waals surface area contributed by atoms with E-state index in [1.165, 1.54) is 24.3 Å². The molecule has 0 aliphatic carbocycles. The van der Waals surface area contributed by atoms with Crippen molar-refractivity contribution in [1.82, 2.24) is 0 Å². The van der Waals surface area contributed by atoms with E-state index < -0.39 is 28.5 Å². The first kappa shape index (κ1) is 18.9. The molecule has 2 N–H and O–H groups in total. The second-order valence-corrected chi connectivity index (χ2v) is 7.75. The summed E-state index contributed by atoms with van der Waals surface area (Å²) in [4.78, 5) is 23.8. The van der Waals surface area contributed by atoms with E-state index in [4.69, 9.17) is 4.74 Å². The number of carbonyl (C=O) groups is 2. The van der Waals surface area contributed by atoms with Crippen molar-refractivity contribution in [1.29, 1.82) is 0 Å². The molecule has 0 heterocycles. The smallest absolute Gasteiger partial charge is 0.338 e. The minimum atomic E-state index is -3.45. The van der Waals surface area contributed by atoms with Crippen LogP contribution in [0.15, 0.2) is 53.0 Å². The predicted molar refractivity (Wildman–Crippen MR) is 98.0 cm³/mol. The van der Waals surface area contributed by atoms with E-state index in [-0.39, 0.29) is 11.3 Å². The van der Waals surface area contributed by atoms with Crippen LogP contribution in [0.3, 0.4) is 0 Å². The highest BCUT2D eigenvalue weighted by Gasteiger charge is 2.12. The fourth-order valence-corrected chi connectivity index (χ4v) is 2.69. The highest BCUT2D eigenvalue weighted by atomic mass is 79.9. The van der Waals surface area contributed by atoms with E-state index in [2.05, 4.69) is 26.0 Å². The van der Waals surface area contributed by atoms with Gasteiger partial charge in [0, 0.05) is 15.8 Å². The maximum Gasteiger partial charge on any atom is 0.338 e. The molecule has 0 bridgehead atoms. The van der Waals surface area contributed by atoms with Gasteiger partial charge in [-0.15, -0.1) is 0 Å². The number of esters is 1. The number of hydrogen-bond donors (Lipinski definition) is 2. The van der Waals surface area contributed by atoms with Crippen molar-refractivity contribution in [2.45, 2.75) is 0 Å². The molecule has 7 nitrogen and oxygen atoms in total. The maximum atomic E-state index is 12.0. The number of carbonyl (C=O) groups excluding carboxylic acids is 2. The van der Waals surface area contributed by atoms with Gasteiger partial charge in [0.1, 0.15) is 0 Å². The first-order chi connectivity index (χ1) is 11.7. The summed E-state index contributed by atoms with van der Waals surface area (Å²) in [6.07, 6.45) is 1.00. The SMILES string of the molecule is CS(=O)(=O)Nc1cccc(C(=O)OCC(=O)Nc2ccc(Br)cc2)c1. The minimum absolute atomic E-state index is 0.130. The van der Waals surface area contributed by atoms with Gasteiger partial charge < -0.3 is 10.1 Å². The average Bonchev–Trinajstić information content (AvgIpc) is 2.53. The van der Waals surface area contributed by atoms with Crippen LogP contribution in [-0.4, -0.2) is 33.2 Å².